The first-order chi connectivity index (χ1) is 14.5. The third kappa shape index (κ3) is 5.17. The number of benzene rings is 1. The number of carboxylic acid groups (broad SMARTS) is 1. The van der Waals surface area contributed by atoms with Gasteiger partial charge in [-0.25, -0.2) is 14.8 Å². The molecule has 0 saturated heterocycles. The molecule has 2 aromatic heterocycles. The van der Waals surface area contributed by atoms with Crippen molar-refractivity contribution in [3.8, 4) is 5.75 Å². The number of carboxylic acids is 1. The molecule has 3 rings (SSSR count). The Kier molecular flexibility index (Phi) is 7.06. The van der Waals surface area contributed by atoms with E-state index in [1.54, 1.807) is 13.2 Å². The van der Waals surface area contributed by atoms with Crippen LogP contribution in [0.1, 0.15) is 49.4 Å². The highest BCUT2D eigenvalue weighted by Crippen LogP contribution is 2.26. The minimum absolute atomic E-state index is 0.295. The van der Waals surface area contributed by atoms with Crippen LogP contribution in [-0.4, -0.2) is 32.7 Å². The van der Waals surface area contributed by atoms with Crippen LogP contribution in [0.15, 0.2) is 36.5 Å². The van der Waals surface area contributed by atoms with Crippen molar-refractivity contribution in [1.82, 2.24) is 14.5 Å². The Bertz CT molecular complexity index is 1060. The summed E-state index contributed by atoms with van der Waals surface area (Å²) in [4.78, 5) is 19.7. The van der Waals surface area contributed by atoms with Gasteiger partial charge < -0.3 is 20.1 Å². The number of hydrogen-bond acceptors (Lipinski definition) is 5. The topological polar surface area (TPSA) is 103 Å². The predicted octanol–water partition coefficient (Wildman–Crippen LogP) is 4.29. The summed E-state index contributed by atoms with van der Waals surface area (Å²) in [6.45, 7) is 2.75. The smallest absolute Gasteiger partial charge is 0.328 e. The summed E-state index contributed by atoms with van der Waals surface area (Å²) in [6.07, 6.45) is 10.1. The molecule has 0 spiro atoms. The Hall–Kier alpha value is -3.35. The van der Waals surface area contributed by atoms with E-state index >= 15 is 0 Å². The van der Waals surface area contributed by atoms with Crippen molar-refractivity contribution in [3.63, 3.8) is 0 Å². The van der Waals surface area contributed by atoms with Crippen molar-refractivity contribution in [2.45, 2.75) is 45.6 Å². The Balaban J connectivity index is 1.95. The van der Waals surface area contributed by atoms with Crippen LogP contribution in [-0.2, 0) is 17.8 Å². The minimum atomic E-state index is -0.980. The molecule has 30 heavy (non-hydrogen) atoms. The van der Waals surface area contributed by atoms with Gasteiger partial charge in [-0.1, -0.05) is 32.3 Å². The highest BCUT2D eigenvalue weighted by atomic mass is 16.5. The van der Waals surface area contributed by atoms with Crippen LogP contribution < -0.4 is 10.5 Å². The molecular formula is C23H28N4O3. The first-order valence-electron chi connectivity index (χ1n) is 10.2. The van der Waals surface area contributed by atoms with Crippen molar-refractivity contribution in [2.75, 3.05) is 12.8 Å². The van der Waals surface area contributed by atoms with Gasteiger partial charge in [-0.2, -0.15) is 0 Å². The van der Waals surface area contributed by atoms with Gasteiger partial charge in [-0.15, -0.1) is 0 Å². The van der Waals surface area contributed by atoms with Crippen LogP contribution in [0.25, 0.3) is 17.1 Å². The average molecular weight is 409 g/mol. The van der Waals surface area contributed by atoms with E-state index in [1.807, 2.05) is 30.5 Å². The zero-order valence-corrected chi connectivity index (χ0v) is 17.5. The second kappa shape index (κ2) is 9.91. The van der Waals surface area contributed by atoms with Gasteiger partial charge in [0.05, 0.1) is 30.4 Å². The van der Waals surface area contributed by atoms with E-state index in [9.17, 15) is 4.79 Å². The molecule has 3 N–H and O–H groups in total. The molecule has 0 saturated carbocycles. The maximum absolute atomic E-state index is 10.8. The molecule has 0 aliphatic carbocycles. The molecule has 7 heteroatoms. The number of ether oxygens (including phenoxy) is 1. The zero-order chi connectivity index (χ0) is 21.5. The highest BCUT2D eigenvalue weighted by molar-refractivity contribution is 5.85. The maximum Gasteiger partial charge on any atom is 0.328 e. The van der Waals surface area contributed by atoms with E-state index in [4.69, 9.17) is 15.6 Å². The third-order valence-corrected chi connectivity index (χ3v) is 5.03. The van der Waals surface area contributed by atoms with E-state index in [0.29, 0.717) is 12.5 Å². The molecule has 0 bridgehead atoms. The van der Waals surface area contributed by atoms with Gasteiger partial charge >= 0.3 is 5.97 Å². The van der Waals surface area contributed by atoms with Crippen LogP contribution in [0.2, 0.25) is 0 Å². The number of hydrogen-bond donors (Lipinski definition) is 2. The van der Waals surface area contributed by atoms with Crippen LogP contribution in [0.3, 0.4) is 0 Å². The van der Waals surface area contributed by atoms with E-state index in [1.165, 1.54) is 12.8 Å². The number of nitrogens with two attached hydrogens (primary N) is 1. The molecule has 7 nitrogen and oxygen atoms in total. The van der Waals surface area contributed by atoms with Gasteiger partial charge in [-0.05, 0) is 42.7 Å². The molecule has 0 aliphatic rings. The summed E-state index contributed by atoms with van der Waals surface area (Å²) in [7, 11) is 1.63. The highest BCUT2D eigenvalue weighted by Gasteiger charge is 2.13. The second-order valence-corrected chi connectivity index (χ2v) is 7.26. The molecule has 0 unspecified atom stereocenters. The molecular weight excluding hydrogens is 380 g/mol. The number of rotatable bonds is 10. The lowest BCUT2D eigenvalue weighted by atomic mass is 10.1. The Morgan fingerprint density at radius 3 is 2.80 bits per heavy atom. The molecule has 158 valence electrons. The molecule has 0 radical (unpaired) electrons. The summed E-state index contributed by atoms with van der Waals surface area (Å²) in [6, 6.07) is 7.56. The molecule has 3 aromatic rings. The lowest BCUT2D eigenvalue weighted by Crippen LogP contribution is -2.06. The summed E-state index contributed by atoms with van der Waals surface area (Å²) in [5, 5.41) is 8.89. The lowest BCUT2D eigenvalue weighted by molar-refractivity contribution is -0.131. The summed E-state index contributed by atoms with van der Waals surface area (Å²) >= 11 is 0. The SMILES string of the molecule is CCCCCCc1nc(N)nc2ccn(Cc3cc(/C=C/C(=O)O)ccc3OC)c12. The first kappa shape index (κ1) is 21.4. The maximum atomic E-state index is 10.8. The lowest BCUT2D eigenvalue weighted by Gasteiger charge is -2.13. The van der Waals surface area contributed by atoms with Crippen LogP contribution in [0.5, 0.6) is 5.75 Å². The van der Waals surface area contributed by atoms with Gasteiger partial charge in [0.25, 0.3) is 0 Å². The van der Waals surface area contributed by atoms with E-state index in [0.717, 1.165) is 58.9 Å². The van der Waals surface area contributed by atoms with E-state index < -0.39 is 5.97 Å². The van der Waals surface area contributed by atoms with Gasteiger partial charge in [-0.3, -0.25) is 0 Å². The Labute approximate surface area is 176 Å². The van der Waals surface area contributed by atoms with Crippen LogP contribution in [0, 0.1) is 0 Å². The van der Waals surface area contributed by atoms with Gasteiger partial charge in [0.15, 0.2) is 0 Å². The van der Waals surface area contributed by atoms with Crippen molar-refractivity contribution in [1.29, 1.82) is 0 Å². The predicted molar refractivity (Wildman–Crippen MR) is 119 cm³/mol. The number of unbranched alkanes of at least 4 members (excludes halogenated alkanes) is 3. The number of nitrogens with zero attached hydrogens (tertiary/aromatic N) is 3. The molecule has 1 aromatic carbocycles. The Morgan fingerprint density at radius 2 is 2.07 bits per heavy atom. The fourth-order valence-corrected chi connectivity index (χ4v) is 3.61. The number of anilines is 1. The zero-order valence-electron chi connectivity index (χ0n) is 17.5. The average Bonchev–Trinajstić information content (AvgIpc) is 3.12. The number of methoxy groups -OCH3 is 1. The van der Waals surface area contributed by atoms with Crippen molar-refractivity contribution < 1.29 is 14.6 Å². The van der Waals surface area contributed by atoms with Crippen molar-refractivity contribution >= 4 is 29.0 Å². The standard InChI is InChI=1S/C23H28N4O3/c1-3-4-5-6-7-18-22-19(26-23(24)25-18)12-13-27(22)15-17-14-16(9-11-21(28)29)8-10-20(17)30-2/h8-14H,3-7,15H2,1-2H3,(H,28,29)(H2,24,25,26)/b11-9+. The minimum Gasteiger partial charge on any atom is -0.496 e. The van der Waals surface area contributed by atoms with Crippen LogP contribution >= 0.6 is 0 Å². The van der Waals surface area contributed by atoms with Crippen molar-refractivity contribution in [2.24, 2.45) is 0 Å². The summed E-state index contributed by atoms with van der Waals surface area (Å²) in [5.41, 5.74) is 10.4. The normalized spacial score (nSPS) is 11.4. The molecule has 0 fully saturated rings. The monoisotopic (exact) mass is 408 g/mol. The third-order valence-electron chi connectivity index (χ3n) is 5.03. The van der Waals surface area contributed by atoms with E-state index in [2.05, 4.69) is 21.5 Å². The van der Waals surface area contributed by atoms with Gasteiger partial charge in [0.2, 0.25) is 5.95 Å². The molecule has 2 heterocycles. The fraction of sp³-hybridized carbons (Fsp3) is 0.348. The summed E-state index contributed by atoms with van der Waals surface area (Å²) < 4.78 is 7.63. The number of aliphatic carboxylic acids is 1. The summed E-state index contributed by atoms with van der Waals surface area (Å²) in [5.74, 6) is 0.0561. The largest absolute Gasteiger partial charge is 0.496 e. The number of carbonyl (C=O) groups is 1. The van der Waals surface area contributed by atoms with Crippen molar-refractivity contribution in [3.05, 3.63) is 53.4 Å². The van der Waals surface area contributed by atoms with Crippen LogP contribution in [0.4, 0.5) is 5.95 Å². The molecule has 0 aliphatic heterocycles. The number of aryl methyl sites for hydroxylation is 1. The first-order valence-corrected chi connectivity index (χ1v) is 10.2. The second-order valence-electron chi connectivity index (χ2n) is 7.26. The number of fused-ring (bicyclic) bond motifs is 1. The Morgan fingerprint density at radius 1 is 1.23 bits per heavy atom. The number of nitrogen functional groups attached to an aromatic ring is 1. The van der Waals surface area contributed by atoms with E-state index in [-0.39, 0.29) is 0 Å². The fourth-order valence-electron chi connectivity index (χ4n) is 3.61. The quantitative estimate of drug-likeness (QED) is 0.383. The number of aromatic nitrogens is 3. The molecule has 0 amide bonds. The molecule has 0 atom stereocenters. The van der Waals surface area contributed by atoms with Gasteiger partial charge in [0, 0.05) is 17.8 Å². The van der Waals surface area contributed by atoms with Gasteiger partial charge in [0.1, 0.15) is 5.75 Å².